The first-order chi connectivity index (χ1) is 13.1. The summed E-state index contributed by atoms with van der Waals surface area (Å²) in [6.07, 6.45) is 1.21. The normalized spacial score (nSPS) is 11.5. The van der Waals surface area contributed by atoms with E-state index in [1.807, 2.05) is 0 Å². The number of aryl methyl sites for hydroxylation is 1. The number of halogens is 2. The third-order valence-corrected chi connectivity index (χ3v) is 5.51. The molecule has 0 radical (unpaired) electrons. The van der Waals surface area contributed by atoms with E-state index < -0.39 is 45.8 Å². The van der Waals surface area contributed by atoms with Crippen molar-refractivity contribution in [2.75, 3.05) is 25.5 Å². The van der Waals surface area contributed by atoms with Crippen LogP contribution < -0.4 is 5.32 Å². The van der Waals surface area contributed by atoms with Gasteiger partial charge < -0.3 is 14.6 Å². The van der Waals surface area contributed by atoms with Crippen molar-refractivity contribution in [2.45, 2.75) is 11.8 Å². The van der Waals surface area contributed by atoms with Crippen molar-refractivity contribution in [2.24, 2.45) is 7.05 Å². The molecule has 0 aliphatic carbocycles. The molecule has 0 unspecified atom stereocenters. The van der Waals surface area contributed by atoms with E-state index in [0.717, 1.165) is 35.6 Å². The lowest BCUT2D eigenvalue weighted by Crippen LogP contribution is -2.35. The van der Waals surface area contributed by atoms with Crippen LogP contribution in [0.15, 0.2) is 35.4 Å². The third kappa shape index (κ3) is 4.73. The van der Waals surface area contributed by atoms with Gasteiger partial charge in [0, 0.05) is 26.4 Å². The van der Waals surface area contributed by atoms with Gasteiger partial charge in [-0.15, -0.1) is 0 Å². The molecule has 0 spiro atoms. The van der Waals surface area contributed by atoms with Crippen LogP contribution in [0.1, 0.15) is 17.4 Å². The Morgan fingerprint density at radius 2 is 1.93 bits per heavy atom. The number of esters is 1. The maximum atomic E-state index is 13.6. The fourth-order valence-corrected chi connectivity index (χ4v) is 3.53. The summed E-state index contributed by atoms with van der Waals surface area (Å²) in [5.74, 6) is -3.17. The summed E-state index contributed by atoms with van der Waals surface area (Å²) in [5.41, 5.74) is -0.375. The molecule has 0 saturated carbocycles. The summed E-state index contributed by atoms with van der Waals surface area (Å²) in [6, 6.07) is 3.64. The minimum absolute atomic E-state index is 0.0279. The number of carbonyl (C=O) groups excluding carboxylic acids is 2. The van der Waals surface area contributed by atoms with Crippen LogP contribution >= 0.6 is 0 Å². The number of likely N-dealkylation sites (N-methyl/N-ethyl adjacent to an activating group) is 1. The van der Waals surface area contributed by atoms with Crippen LogP contribution in [0.2, 0.25) is 0 Å². The van der Waals surface area contributed by atoms with Crippen molar-refractivity contribution in [3.05, 3.63) is 47.8 Å². The predicted octanol–water partition coefficient (Wildman–Crippen LogP) is 1.74. The predicted molar refractivity (Wildman–Crippen MR) is 96.2 cm³/mol. The van der Waals surface area contributed by atoms with Gasteiger partial charge in [0.2, 0.25) is 15.9 Å². The van der Waals surface area contributed by atoms with E-state index in [9.17, 15) is 26.8 Å². The molecule has 1 heterocycles. The second kappa shape index (κ2) is 8.48. The molecule has 0 fully saturated rings. The average Bonchev–Trinajstić information content (AvgIpc) is 3.01. The highest BCUT2D eigenvalue weighted by atomic mass is 32.2. The second-order valence-corrected chi connectivity index (χ2v) is 7.87. The smallest absolute Gasteiger partial charge is 0.354 e. The van der Waals surface area contributed by atoms with Gasteiger partial charge in [-0.25, -0.2) is 22.0 Å². The largest absolute Gasteiger partial charge is 0.461 e. The Labute approximate surface area is 160 Å². The van der Waals surface area contributed by atoms with Crippen LogP contribution in [0, 0.1) is 11.6 Å². The molecular formula is C17H19F2N3O5S. The molecule has 1 aromatic heterocycles. The number of ether oxygens (including phenoxy) is 1. The Bertz CT molecular complexity index is 1000. The molecule has 1 N–H and O–H groups in total. The van der Waals surface area contributed by atoms with Crippen LogP contribution in [0.25, 0.3) is 0 Å². The van der Waals surface area contributed by atoms with Crippen LogP contribution in [-0.4, -0.2) is 49.4 Å². The lowest BCUT2D eigenvalue weighted by Gasteiger charge is -2.16. The number of rotatable bonds is 7. The highest BCUT2D eigenvalue weighted by Gasteiger charge is 2.27. The molecule has 2 aromatic rings. The molecule has 0 atom stereocenters. The summed E-state index contributed by atoms with van der Waals surface area (Å²) < 4.78 is 58.9. The number of anilines is 1. The Kier molecular flexibility index (Phi) is 6.52. The summed E-state index contributed by atoms with van der Waals surface area (Å²) in [6.45, 7) is 1.09. The van der Waals surface area contributed by atoms with Gasteiger partial charge in [-0.1, -0.05) is 0 Å². The van der Waals surface area contributed by atoms with Crippen molar-refractivity contribution >= 4 is 27.6 Å². The zero-order valence-electron chi connectivity index (χ0n) is 15.4. The first-order valence-electron chi connectivity index (χ1n) is 8.11. The quantitative estimate of drug-likeness (QED) is 0.695. The van der Waals surface area contributed by atoms with Crippen LogP contribution in [0.4, 0.5) is 14.5 Å². The maximum absolute atomic E-state index is 13.6. The van der Waals surface area contributed by atoms with Gasteiger partial charge in [-0.3, -0.25) is 4.79 Å². The van der Waals surface area contributed by atoms with E-state index in [-0.39, 0.29) is 17.2 Å². The van der Waals surface area contributed by atoms with E-state index in [0.29, 0.717) is 0 Å². The zero-order valence-corrected chi connectivity index (χ0v) is 16.2. The van der Waals surface area contributed by atoms with Crippen molar-refractivity contribution in [3.63, 3.8) is 0 Å². The molecule has 11 heteroatoms. The Morgan fingerprint density at radius 3 is 2.57 bits per heavy atom. The zero-order chi connectivity index (χ0) is 21.1. The van der Waals surface area contributed by atoms with Crippen LogP contribution in [-0.2, 0) is 26.6 Å². The van der Waals surface area contributed by atoms with Crippen molar-refractivity contribution in [1.82, 2.24) is 8.87 Å². The fourth-order valence-electron chi connectivity index (χ4n) is 2.33. The highest BCUT2D eigenvalue weighted by molar-refractivity contribution is 7.89. The number of nitrogens with zero attached hydrogens (tertiary/aromatic N) is 2. The third-order valence-electron chi connectivity index (χ3n) is 3.74. The van der Waals surface area contributed by atoms with Gasteiger partial charge >= 0.3 is 5.97 Å². The van der Waals surface area contributed by atoms with Gasteiger partial charge in [0.25, 0.3) is 0 Å². The number of carbonyl (C=O) groups is 2. The van der Waals surface area contributed by atoms with Crippen LogP contribution in [0.3, 0.4) is 0 Å². The van der Waals surface area contributed by atoms with E-state index in [1.165, 1.54) is 17.8 Å². The number of nitrogens with one attached hydrogen (secondary N) is 1. The number of amides is 1. The van der Waals surface area contributed by atoms with E-state index in [1.54, 1.807) is 6.92 Å². The first kappa shape index (κ1) is 21.5. The minimum atomic E-state index is -4.12. The maximum Gasteiger partial charge on any atom is 0.354 e. The first-order valence-corrected chi connectivity index (χ1v) is 9.55. The van der Waals surface area contributed by atoms with E-state index in [4.69, 9.17) is 4.74 Å². The topological polar surface area (TPSA) is 97.7 Å². The van der Waals surface area contributed by atoms with E-state index in [2.05, 4.69) is 5.32 Å². The molecule has 1 aromatic carbocycles. The molecule has 0 aliphatic rings. The molecule has 0 aliphatic heterocycles. The highest BCUT2D eigenvalue weighted by Crippen LogP contribution is 2.19. The molecule has 28 heavy (non-hydrogen) atoms. The van der Waals surface area contributed by atoms with Gasteiger partial charge in [-0.05, 0) is 25.1 Å². The van der Waals surface area contributed by atoms with Crippen LogP contribution in [0.5, 0.6) is 0 Å². The molecule has 8 nitrogen and oxygen atoms in total. The Balaban J connectivity index is 2.15. The number of benzene rings is 1. The summed E-state index contributed by atoms with van der Waals surface area (Å²) >= 11 is 0. The lowest BCUT2D eigenvalue weighted by atomic mass is 10.3. The molecule has 2 rings (SSSR count). The molecule has 0 saturated heterocycles. The minimum Gasteiger partial charge on any atom is -0.461 e. The molecule has 0 bridgehead atoms. The van der Waals surface area contributed by atoms with Gasteiger partial charge in [0.1, 0.15) is 22.2 Å². The number of aromatic nitrogens is 1. The number of sulfonamides is 1. The fraction of sp³-hybridized carbons (Fsp3) is 0.294. The Morgan fingerprint density at radius 1 is 1.25 bits per heavy atom. The summed E-state index contributed by atoms with van der Waals surface area (Å²) in [5, 5.41) is 2.12. The van der Waals surface area contributed by atoms with Crippen molar-refractivity contribution in [1.29, 1.82) is 0 Å². The molecule has 152 valence electrons. The molecular weight excluding hydrogens is 396 g/mol. The van der Waals surface area contributed by atoms with Crippen molar-refractivity contribution in [3.8, 4) is 0 Å². The lowest BCUT2D eigenvalue weighted by molar-refractivity contribution is -0.116. The van der Waals surface area contributed by atoms with E-state index >= 15 is 0 Å². The summed E-state index contributed by atoms with van der Waals surface area (Å²) in [4.78, 5) is 23.7. The second-order valence-electron chi connectivity index (χ2n) is 5.83. The summed E-state index contributed by atoms with van der Waals surface area (Å²) in [7, 11) is -1.50. The molecule has 1 amide bonds. The Hall–Kier alpha value is -2.79. The standard InChI is InChI=1S/C17H19F2N3O5S/c1-4-27-17(24)15-8-12(9-21(15)2)28(25,26)22(3)10-16(23)20-14-7-11(18)5-6-13(14)19/h5-9H,4,10H2,1-3H3,(H,20,23). The monoisotopic (exact) mass is 415 g/mol. The number of hydrogen-bond acceptors (Lipinski definition) is 5. The van der Waals surface area contributed by atoms with Gasteiger partial charge in [0.15, 0.2) is 0 Å². The number of hydrogen-bond donors (Lipinski definition) is 1. The van der Waals surface area contributed by atoms with Crippen molar-refractivity contribution < 1.29 is 31.5 Å². The van der Waals surface area contributed by atoms with Gasteiger partial charge in [0.05, 0.1) is 18.8 Å². The SMILES string of the molecule is CCOC(=O)c1cc(S(=O)(=O)N(C)CC(=O)Nc2cc(F)ccc2F)cn1C. The average molecular weight is 415 g/mol. The van der Waals surface area contributed by atoms with Gasteiger partial charge in [-0.2, -0.15) is 4.31 Å².